The van der Waals surface area contributed by atoms with Crippen molar-refractivity contribution in [2.75, 3.05) is 17.4 Å². The Kier molecular flexibility index (Phi) is 10.2. The lowest BCUT2D eigenvalue weighted by molar-refractivity contribution is -0.139. The van der Waals surface area contributed by atoms with E-state index in [-0.39, 0.29) is 23.3 Å². The van der Waals surface area contributed by atoms with Crippen molar-refractivity contribution in [3.05, 3.63) is 94.5 Å². The summed E-state index contributed by atoms with van der Waals surface area (Å²) in [6.07, 6.45) is 0. The third-order valence-electron chi connectivity index (χ3n) is 6.61. The van der Waals surface area contributed by atoms with Gasteiger partial charge in [-0.15, -0.1) is 0 Å². The van der Waals surface area contributed by atoms with Crippen LogP contribution in [0.4, 0.5) is 5.69 Å². The van der Waals surface area contributed by atoms with Gasteiger partial charge in [0.1, 0.15) is 12.6 Å². The van der Waals surface area contributed by atoms with Crippen LogP contribution in [0, 0.1) is 19.8 Å². The zero-order valence-corrected chi connectivity index (χ0v) is 24.6. The lowest BCUT2D eigenvalue weighted by Gasteiger charge is -2.33. The number of aryl methyl sites for hydroxylation is 1. The number of anilines is 1. The molecule has 1 atom stereocenters. The molecule has 0 saturated heterocycles. The van der Waals surface area contributed by atoms with Gasteiger partial charge in [-0.25, -0.2) is 8.42 Å². The highest BCUT2D eigenvalue weighted by Gasteiger charge is 2.33. The number of carbonyl (C=O) groups is 2. The van der Waals surface area contributed by atoms with Crippen LogP contribution in [0.3, 0.4) is 0 Å². The smallest absolute Gasteiger partial charge is 0.264 e. The number of hydrogen-bond acceptors (Lipinski definition) is 4. The summed E-state index contributed by atoms with van der Waals surface area (Å²) in [6, 6.07) is 19.6. The van der Waals surface area contributed by atoms with Gasteiger partial charge in [-0.05, 0) is 67.6 Å². The van der Waals surface area contributed by atoms with E-state index in [0.717, 1.165) is 15.4 Å². The number of nitrogens with one attached hydrogen (secondary N) is 1. The van der Waals surface area contributed by atoms with E-state index in [1.165, 1.54) is 17.0 Å². The van der Waals surface area contributed by atoms with Crippen molar-refractivity contribution in [3.63, 3.8) is 0 Å². The molecule has 1 N–H and O–H groups in total. The Morgan fingerprint density at radius 1 is 0.897 bits per heavy atom. The second-order valence-corrected chi connectivity index (χ2v) is 12.2. The number of hydrogen-bond donors (Lipinski definition) is 1. The average molecular weight is 570 g/mol. The zero-order valence-electron chi connectivity index (χ0n) is 23.0. The average Bonchev–Trinajstić information content (AvgIpc) is 2.91. The van der Waals surface area contributed by atoms with Crippen LogP contribution in [0.1, 0.15) is 37.5 Å². The highest BCUT2D eigenvalue weighted by molar-refractivity contribution is 7.92. The van der Waals surface area contributed by atoms with Gasteiger partial charge < -0.3 is 10.2 Å². The van der Waals surface area contributed by atoms with Crippen LogP contribution >= 0.6 is 11.6 Å². The molecule has 7 nitrogen and oxygen atoms in total. The maximum absolute atomic E-state index is 14.0. The molecule has 0 radical (unpaired) electrons. The molecule has 0 aliphatic heterocycles. The fourth-order valence-electron chi connectivity index (χ4n) is 4.08. The molecule has 208 valence electrons. The number of amides is 2. The van der Waals surface area contributed by atoms with Crippen molar-refractivity contribution in [2.45, 2.75) is 52.1 Å². The molecule has 2 amide bonds. The van der Waals surface area contributed by atoms with Crippen LogP contribution < -0.4 is 9.62 Å². The zero-order chi connectivity index (χ0) is 28.7. The van der Waals surface area contributed by atoms with Gasteiger partial charge >= 0.3 is 0 Å². The molecule has 0 spiro atoms. The third-order valence-corrected chi connectivity index (χ3v) is 8.75. The molecule has 9 heteroatoms. The summed E-state index contributed by atoms with van der Waals surface area (Å²) in [6.45, 7) is 9.31. The van der Waals surface area contributed by atoms with Gasteiger partial charge in [0.15, 0.2) is 0 Å². The molecule has 0 heterocycles. The van der Waals surface area contributed by atoms with E-state index in [4.69, 9.17) is 11.6 Å². The molecule has 1 unspecified atom stereocenters. The first-order chi connectivity index (χ1) is 18.4. The van der Waals surface area contributed by atoms with Crippen molar-refractivity contribution in [2.24, 2.45) is 5.92 Å². The third kappa shape index (κ3) is 7.40. The van der Waals surface area contributed by atoms with E-state index in [1.807, 2.05) is 33.8 Å². The fraction of sp³-hybridized carbons (Fsp3) is 0.333. The minimum atomic E-state index is -4.11. The molecule has 0 bridgehead atoms. The van der Waals surface area contributed by atoms with Crippen LogP contribution in [0.5, 0.6) is 0 Å². The maximum atomic E-state index is 14.0. The Hall–Kier alpha value is -3.36. The molecule has 3 aromatic rings. The van der Waals surface area contributed by atoms with Gasteiger partial charge in [0.25, 0.3) is 10.0 Å². The minimum absolute atomic E-state index is 0.0425. The van der Waals surface area contributed by atoms with E-state index in [9.17, 15) is 18.0 Å². The summed E-state index contributed by atoms with van der Waals surface area (Å²) in [7, 11) is -4.11. The fourth-order valence-corrected chi connectivity index (χ4v) is 5.77. The van der Waals surface area contributed by atoms with Gasteiger partial charge in [-0.3, -0.25) is 13.9 Å². The SMILES string of the molecule is Cc1cccc(N(CC(=O)N(Cc2ccccc2Cl)C(C)C(=O)NCC(C)C)S(=O)(=O)c2ccccc2)c1C. The van der Waals surface area contributed by atoms with Crippen molar-refractivity contribution >= 4 is 39.1 Å². The number of benzene rings is 3. The molecule has 0 saturated carbocycles. The Bertz CT molecular complexity index is 1410. The summed E-state index contributed by atoms with van der Waals surface area (Å²) in [5, 5.41) is 3.33. The largest absolute Gasteiger partial charge is 0.354 e. The summed E-state index contributed by atoms with van der Waals surface area (Å²) in [4.78, 5) is 28.5. The summed E-state index contributed by atoms with van der Waals surface area (Å²) < 4.78 is 28.9. The molecule has 0 aromatic heterocycles. The lowest BCUT2D eigenvalue weighted by Crippen LogP contribution is -2.51. The normalized spacial score (nSPS) is 12.2. The molecule has 0 aliphatic rings. The topological polar surface area (TPSA) is 86.8 Å². The Labute approximate surface area is 236 Å². The Morgan fingerprint density at radius 3 is 2.18 bits per heavy atom. The van der Waals surface area contributed by atoms with Crippen LogP contribution in [-0.2, 0) is 26.2 Å². The predicted octanol–water partition coefficient (Wildman–Crippen LogP) is 5.34. The summed E-state index contributed by atoms with van der Waals surface area (Å²) in [5.41, 5.74) is 2.69. The summed E-state index contributed by atoms with van der Waals surface area (Å²) >= 11 is 6.41. The Morgan fingerprint density at radius 2 is 1.54 bits per heavy atom. The second kappa shape index (κ2) is 13.1. The molecule has 39 heavy (non-hydrogen) atoms. The molecule has 3 aromatic carbocycles. The first kappa shape index (κ1) is 30.2. The van der Waals surface area contributed by atoms with Crippen LogP contribution in [0.25, 0.3) is 0 Å². The summed E-state index contributed by atoms with van der Waals surface area (Å²) in [5.74, 6) is -0.625. The van der Waals surface area contributed by atoms with Crippen molar-refractivity contribution in [1.82, 2.24) is 10.2 Å². The molecular weight excluding hydrogens is 534 g/mol. The molecular formula is C30H36ClN3O4S. The monoisotopic (exact) mass is 569 g/mol. The number of rotatable bonds is 11. The molecule has 0 fully saturated rings. The first-order valence-electron chi connectivity index (χ1n) is 12.9. The van der Waals surface area contributed by atoms with Crippen LogP contribution in [-0.4, -0.2) is 44.3 Å². The van der Waals surface area contributed by atoms with Gasteiger partial charge in [0, 0.05) is 18.1 Å². The van der Waals surface area contributed by atoms with Crippen molar-refractivity contribution < 1.29 is 18.0 Å². The van der Waals surface area contributed by atoms with Gasteiger partial charge in [0.2, 0.25) is 11.8 Å². The van der Waals surface area contributed by atoms with E-state index >= 15 is 0 Å². The standard InChI is InChI=1S/C30H36ClN3O4S/c1-21(2)18-32-30(36)24(5)33(19-25-13-9-10-16-27(25)31)29(35)20-34(28-17-11-12-22(3)23(28)4)39(37,38)26-14-7-6-8-15-26/h6-17,21,24H,18-20H2,1-5H3,(H,32,36). The lowest BCUT2D eigenvalue weighted by atomic mass is 10.1. The number of sulfonamides is 1. The van der Waals surface area contributed by atoms with E-state index in [2.05, 4.69) is 5.32 Å². The van der Waals surface area contributed by atoms with E-state index < -0.39 is 28.5 Å². The van der Waals surface area contributed by atoms with Crippen molar-refractivity contribution in [1.29, 1.82) is 0 Å². The van der Waals surface area contributed by atoms with E-state index in [1.54, 1.807) is 61.5 Å². The predicted molar refractivity (Wildman–Crippen MR) is 156 cm³/mol. The molecule has 3 rings (SSSR count). The van der Waals surface area contributed by atoms with Gasteiger partial charge in [-0.1, -0.05) is 74.0 Å². The maximum Gasteiger partial charge on any atom is 0.264 e. The highest BCUT2D eigenvalue weighted by atomic mass is 35.5. The Balaban J connectivity index is 2.05. The minimum Gasteiger partial charge on any atom is -0.354 e. The van der Waals surface area contributed by atoms with Gasteiger partial charge in [0.05, 0.1) is 10.6 Å². The second-order valence-electron chi connectivity index (χ2n) is 9.97. The van der Waals surface area contributed by atoms with Gasteiger partial charge in [-0.2, -0.15) is 0 Å². The van der Waals surface area contributed by atoms with E-state index in [0.29, 0.717) is 22.8 Å². The number of nitrogens with zero attached hydrogens (tertiary/aromatic N) is 2. The van der Waals surface area contributed by atoms with Crippen molar-refractivity contribution in [3.8, 4) is 0 Å². The number of carbonyl (C=O) groups excluding carboxylic acids is 2. The molecule has 0 aliphatic carbocycles. The quantitative estimate of drug-likeness (QED) is 0.338. The van der Waals surface area contributed by atoms with Crippen LogP contribution in [0.2, 0.25) is 5.02 Å². The highest BCUT2D eigenvalue weighted by Crippen LogP contribution is 2.29. The van der Waals surface area contributed by atoms with Crippen LogP contribution in [0.15, 0.2) is 77.7 Å². The first-order valence-corrected chi connectivity index (χ1v) is 14.7. The number of halogens is 1.